The van der Waals surface area contributed by atoms with E-state index in [0.29, 0.717) is 6.42 Å². The Hall–Kier alpha value is -2.06. The standard InChI is InChI=1S/C15H22O2.C14H20O2.Li.H2O/c1-11-7-6-8-12(9-11)10-13(14(16)17-5)15(2,3)4;1-10-6-5-7-11(8-10)9-12(13(15)16)14(2,3)4;;/h6-9,13H,10H2,1-5H3;5-8,12H,9H2,1-4H3,(H,15,16);;1H2/q;;+1;/p-1/t13-;12-;;/m11../s1. The third-order valence-corrected chi connectivity index (χ3v) is 5.92. The largest absolute Gasteiger partial charge is 1.00 e. The molecule has 190 valence electrons. The van der Waals surface area contributed by atoms with Gasteiger partial charge < -0.3 is 15.3 Å². The van der Waals surface area contributed by atoms with Crippen molar-refractivity contribution in [3.05, 3.63) is 70.8 Å². The molecule has 6 heteroatoms. The fourth-order valence-electron chi connectivity index (χ4n) is 3.80. The molecule has 0 saturated carbocycles. The molecule has 2 rings (SSSR count). The first kappa shape index (κ1) is 35.1. The number of carboxylic acid groups (broad SMARTS) is 1. The van der Waals surface area contributed by atoms with Crippen molar-refractivity contribution in [3.63, 3.8) is 0 Å². The molecule has 0 saturated heterocycles. The zero-order valence-electron chi connectivity index (χ0n) is 23.3. The van der Waals surface area contributed by atoms with Gasteiger partial charge in [-0.1, -0.05) is 101 Å². The molecule has 0 aliphatic heterocycles. The number of aliphatic carboxylic acids is 1. The molecule has 35 heavy (non-hydrogen) atoms. The quantitative estimate of drug-likeness (QED) is 0.507. The fourth-order valence-corrected chi connectivity index (χ4v) is 3.80. The van der Waals surface area contributed by atoms with Gasteiger partial charge in [-0.25, -0.2) is 0 Å². The first-order valence-electron chi connectivity index (χ1n) is 11.6. The van der Waals surface area contributed by atoms with Gasteiger partial charge in [-0.15, -0.1) is 0 Å². The van der Waals surface area contributed by atoms with Crippen molar-refractivity contribution in [1.82, 2.24) is 0 Å². The third kappa shape index (κ3) is 12.5. The van der Waals surface area contributed by atoms with Gasteiger partial charge in [0.05, 0.1) is 18.9 Å². The summed E-state index contributed by atoms with van der Waals surface area (Å²) in [5, 5.41) is 9.24. The Bertz CT molecular complexity index is 925. The Morgan fingerprint density at radius 3 is 1.46 bits per heavy atom. The average molecular weight is 479 g/mol. The second kappa shape index (κ2) is 15.1. The molecular weight excluding hydrogens is 435 g/mol. The number of carbonyl (C=O) groups excluding carboxylic acids is 1. The first-order valence-corrected chi connectivity index (χ1v) is 11.6. The second-order valence-corrected chi connectivity index (χ2v) is 11.1. The maximum absolute atomic E-state index is 11.8. The summed E-state index contributed by atoms with van der Waals surface area (Å²) in [7, 11) is 1.46. The van der Waals surface area contributed by atoms with E-state index < -0.39 is 5.97 Å². The summed E-state index contributed by atoms with van der Waals surface area (Å²) in [6.45, 7) is 16.2. The Balaban J connectivity index is 0. The van der Waals surface area contributed by atoms with Crippen molar-refractivity contribution in [3.8, 4) is 0 Å². The van der Waals surface area contributed by atoms with Crippen molar-refractivity contribution in [2.24, 2.45) is 22.7 Å². The van der Waals surface area contributed by atoms with Crippen LogP contribution in [0.5, 0.6) is 0 Å². The summed E-state index contributed by atoms with van der Waals surface area (Å²) >= 11 is 0. The van der Waals surface area contributed by atoms with Crippen LogP contribution < -0.4 is 18.9 Å². The molecule has 0 aliphatic carbocycles. The van der Waals surface area contributed by atoms with Gasteiger partial charge in [0.2, 0.25) is 0 Å². The molecule has 0 spiro atoms. The molecule has 2 N–H and O–H groups in total. The molecule has 0 aromatic heterocycles. The van der Waals surface area contributed by atoms with Gasteiger partial charge in [-0.3, -0.25) is 9.59 Å². The van der Waals surface area contributed by atoms with Gasteiger partial charge in [0, 0.05) is 0 Å². The maximum atomic E-state index is 11.8. The number of carboxylic acids is 1. The van der Waals surface area contributed by atoms with Crippen LogP contribution >= 0.6 is 0 Å². The van der Waals surface area contributed by atoms with Crippen molar-refractivity contribution in [1.29, 1.82) is 0 Å². The Labute approximate surface area is 224 Å². The van der Waals surface area contributed by atoms with Crippen molar-refractivity contribution >= 4 is 11.9 Å². The molecule has 0 bridgehead atoms. The zero-order valence-corrected chi connectivity index (χ0v) is 23.3. The number of esters is 1. The Morgan fingerprint density at radius 2 is 1.17 bits per heavy atom. The normalized spacial score (nSPS) is 12.6. The van der Waals surface area contributed by atoms with Crippen LogP contribution in [0.25, 0.3) is 0 Å². The SMILES string of the molecule is COC(=O)[C@@H](Cc1cccc(C)c1)C(C)(C)C.Cc1cccc(C[C@H](C(=O)O)C(C)(C)C)c1.[Li+].[OH-]. The molecule has 2 aromatic rings. The predicted octanol–water partition coefficient (Wildman–Crippen LogP) is 3.48. The summed E-state index contributed by atoms with van der Waals surface area (Å²) in [6.07, 6.45) is 1.33. The molecular formula is C29H43LiO5. The van der Waals surface area contributed by atoms with E-state index in [2.05, 4.69) is 52.0 Å². The van der Waals surface area contributed by atoms with Crippen LogP contribution in [0.15, 0.2) is 48.5 Å². The zero-order chi connectivity index (χ0) is 25.4. The minimum absolute atomic E-state index is 0. The number of benzene rings is 2. The molecule has 2 atom stereocenters. The number of hydrogen-bond donors (Lipinski definition) is 1. The summed E-state index contributed by atoms with van der Waals surface area (Å²) in [6, 6.07) is 16.3. The van der Waals surface area contributed by atoms with Crippen molar-refractivity contribution < 1.29 is 43.8 Å². The number of methoxy groups -OCH3 is 1. The van der Waals surface area contributed by atoms with Crippen LogP contribution in [0, 0.1) is 36.5 Å². The maximum Gasteiger partial charge on any atom is 1.00 e. The number of ether oxygens (including phenoxy) is 1. The average Bonchev–Trinajstić information content (AvgIpc) is 2.68. The van der Waals surface area contributed by atoms with E-state index in [4.69, 9.17) is 4.74 Å². The van der Waals surface area contributed by atoms with Gasteiger partial charge in [0.1, 0.15) is 0 Å². The molecule has 5 nitrogen and oxygen atoms in total. The molecule has 0 unspecified atom stereocenters. The smallest absolute Gasteiger partial charge is 0.870 e. The third-order valence-electron chi connectivity index (χ3n) is 5.92. The van der Waals surface area contributed by atoms with Crippen molar-refractivity contribution in [2.75, 3.05) is 7.11 Å². The van der Waals surface area contributed by atoms with Gasteiger partial charge in [-0.05, 0) is 48.6 Å². The topological polar surface area (TPSA) is 93.6 Å². The number of aryl methyl sites for hydroxylation is 2. The van der Waals surface area contributed by atoms with E-state index in [1.807, 2.05) is 52.0 Å². The van der Waals surface area contributed by atoms with Gasteiger partial charge >= 0.3 is 30.8 Å². The summed E-state index contributed by atoms with van der Waals surface area (Å²) in [5.74, 6) is -1.28. The summed E-state index contributed by atoms with van der Waals surface area (Å²) in [5.41, 5.74) is 4.39. The number of rotatable bonds is 6. The molecule has 0 radical (unpaired) electrons. The molecule has 0 heterocycles. The molecule has 0 fully saturated rings. The number of hydrogen-bond acceptors (Lipinski definition) is 4. The minimum Gasteiger partial charge on any atom is -0.870 e. The summed E-state index contributed by atoms with van der Waals surface area (Å²) < 4.78 is 4.90. The van der Waals surface area contributed by atoms with Gasteiger partial charge in [0.25, 0.3) is 0 Å². The first-order chi connectivity index (χ1) is 15.1. The molecule has 0 amide bonds. The molecule has 0 aliphatic rings. The van der Waals surface area contributed by atoms with E-state index in [1.165, 1.54) is 23.8 Å². The van der Waals surface area contributed by atoms with E-state index in [0.717, 1.165) is 12.0 Å². The molecule has 2 aromatic carbocycles. The van der Waals surface area contributed by atoms with Crippen LogP contribution in [0.1, 0.15) is 63.8 Å². The second-order valence-electron chi connectivity index (χ2n) is 11.1. The van der Waals surface area contributed by atoms with Crippen LogP contribution in [0.2, 0.25) is 0 Å². The number of carbonyl (C=O) groups is 2. The van der Waals surface area contributed by atoms with Gasteiger partial charge in [0.15, 0.2) is 0 Å². The monoisotopic (exact) mass is 478 g/mol. The van der Waals surface area contributed by atoms with E-state index in [9.17, 15) is 14.7 Å². The van der Waals surface area contributed by atoms with E-state index in [1.54, 1.807) is 0 Å². The summed E-state index contributed by atoms with van der Waals surface area (Å²) in [4.78, 5) is 23.1. The van der Waals surface area contributed by atoms with Crippen LogP contribution in [0.3, 0.4) is 0 Å². The Morgan fingerprint density at radius 1 is 0.800 bits per heavy atom. The van der Waals surface area contributed by atoms with Crippen LogP contribution in [0.4, 0.5) is 0 Å². The fraction of sp³-hybridized carbons (Fsp3) is 0.517. The van der Waals surface area contributed by atoms with E-state index in [-0.39, 0.29) is 53.0 Å². The van der Waals surface area contributed by atoms with E-state index >= 15 is 0 Å². The van der Waals surface area contributed by atoms with Crippen LogP contribution in [-0.2, 0) is 27.2 Å². The van der Waals surface area contributed by atoms with Gasteiger partial charge in [-0.2, -0.15) is 0 Å². The van der Waals surface area contributed by atoms with Crippen molar-refractivity contribution in [2.45, 2.75) is 68.2 Å². The minimum atomic E-state index is -0.714. The Kier molecular flexibility index (Phi) is 15.2. The predicted molar refractivity (Wildman–Crippen MR) is 137 cm³/mol. The van der Waals surface area contributed by atoms with Crippen LogP contribution in [-0.4, -0.2) is 29.6 Å².